The van der Waals surface area contributed by atoms with Crippen molar-refractivity contribution in [3.05, 3.63) is 34.9 Å². The third kappa shape index (κ3) is 2.16. The second kappa shape index (κ2) is 4.57. The van der Waals surface area contributed by atoms with E-state index in [0.29, 0.717) is 18.6 Å². The van der Waals surface area contributed by atoms with Crippen molar-refractivity contribution in [2.24, 2.45) is 11.1 Å². The van der Waals surface area contributed by atoms with Crippen molar-refractivity contribution in [2.45, 2.75) is 26.2 Å². The third-order valence-corrected chi connectivity index (χ3v) is 3.27. The van der Waals surface area contributed by atoms with Crippen molar-refractivity contribution in [3.63, 3.8) is 0 Å². The van der Waals surface area contributed by atoms with E-state index < -0.39 is 11.9 Å². The number of aryl methyl sites for hydroxylation is 1. The van der Waals surface area contributed by atoms with Crippen molar-refractivity contribution in [3.8, 4) is 0 Å². The van der Waals surface area contributed by atoms with Crippen LogP contribution in [0.1, 0.15) is 30.0 Å². The van der Waals surface area contributed by atoms with Gasteiger partial charge in [0.05, 0.1) is 11.6 Å². The first-order chi connectivity index (χ1) is 8.15. The summed E-state index contributed by atoms with van der Waals surface area (Å²) in [5.41, 5.74) is 3.49. The van der Waals surface area contributed by atoms with Gasteiger partial charge in [-0.3, -0.25) is 4.79 Å². The summed E-state index contributed by atoms with van der Waals surface area (Å²) in [5, 5.41) is 21.3. The Bertz CT molecular complexity index is 480. The Morgan fingerprint density at radius 2 is 2.24 bits per heavy atom. The van der Waals surface area contributed by atoms with Crippen molar-refractivity contribution < 1.29 is 15.1 Å². The van der Waals surface area contributed by atoms with Gasteiger partial charge in [0.25, 0.3) is 0 Å². The number of aliphatic carboxylic acids is 1. The van der Waals surface area contributed by atoms with E-state index >= 15 is 0 Å². The second-order valence-electron chi connectivity index (χ2n) is 4.34. The maximum atomic E-state index is 11.0. The molecule has 2 rings (SSSR count). The first-order valence-corrected chi connectivity index (χ1v) is 5.71. The van der Waals surface area contributed by atoms with E-state index in [2.05, 4.69) is 12.1 Å². The molecule has 1 atom stereocenters. The highest BCUT2D eigenvalue weighted by Crippen LogP contribution is 2.27. The molecule has 1 aliphatic rings. The fraction of sp³-hybridized carbons (Fsp3) is 0.385. The molecule has 2 N–H and O–H groups in total. The first-order valence-electron chi connectivity index (χ1n) is 5.71. The maximum Gasteiger partial charge on any atom is 0.307 e. The molecule has 0 saturated heterocycles. The lowest BCUT2D eigenvalue weighted by Crippen LogP contribution is -2.27. The van der Waals surface area contributed by atoms with Crippen LogP contribution in [0.3, 0.4) is 0 Å². The number of fused-ring (bicyclic) bond motifs is 1. The van der Waals surface area contributed by atoms with Gasteiger partial charge in [0.2, 0.25) is 0 Å². The molecule has 1 aliphatic carbocycles. The summed E-state index contributed by atoms with van der Waals surface area (Å²) < 4.78 is 0. The molecular formula is C13H15NO3. The van der Waals surface area contributed by atoms with Gasteiger partial charge < -0.3 is 10.3 Å². The molecule has 0 fully saturated rings. The van der Waals surface area contributed by atoms with E-state index in [0.717, 1.165) is 17.5 Å². The van der Waals surface area contributed by atoms with Crippen LogP contribution >= 0.6 is 0 Å². The van der Waals surface area contributed by atoms with Crippen LogP contribution in [0.2, 0.25) is 0 Å². The van der Waals surface area contributed by atoms with E-state index in [1.807, 2.05) is 18.2 Å². The van der Waals surface area contributed by atoms with E-state index in [1.54, 1.807) is 0 Å². The average molecular weight is 233 g/mol. The number of rotatable bonds is 2. The van der Waals surface area contributed by atoms with Crippen LogP contribution < -0.4 is 0 Å². The molecule has 1 aromatic carbocycles. The molecule has 1 aromatic rings. The molecule has 0 spiro atoms. The zero-order valence-corrected chi connectivity index (χ0v) is 9.68. The number of benzene rings is 1. The van der Waals surface area contributed by atoms with E-state index in [9.17, 15) is 4.79 Å². The number of carboxylic acids is 1. The summed E-state index contributed by atoms with van der Waals surface area (Å²) in [6.07, 6.45) is 1.72. The lowest BCUT2D eigenvalue weighted by molar-refractivity contribution is -0.141. The summed E-state index contributed by atoms with van der Waals surface area (Å²) >= 11 is 0. The smallest absolute Gasteiger partial charge is 0.307 e. The van der Waals surface area contributed by atoms with Crippen molar-refractivity contribution >= 4 is 11.7 Å². The Labute approximate surface area is 99.6 Å². The minimum Gasteiger partial charge on any atom is -0.481 e. The van der Waals surface area contributed by atoms with Crippen molar-refractivity contribution in [2.75, 3.05) is 0 Å². The largest absolute Gasteiger partial charge is 0.481 e. The predicted octanol–water partition coefficient (Wildman–Crippen LogP) is 2.07. The molecule has 0 bridgehead atoms. The fourth-order valence-electron chi connectivity index (χ4n) is 2.24. The van der Waals surface area contributed by atoms with Gasteiger partial charge in [-0.05, 0) is 30.0 Å². The topological polar surface area (TPSA) is 69.9 Å². The summed E-state index contributed by atoms with van der Waals surface area (Å²) in [6.45, 7) is 2.06. The molecule has 0 aliphatic heterocycles. The Morgan fingerprint density at radius 1 is 1.47 bits per heavy atom. The van der Waals surface area contributed by atoms with Crippen LogP contribution in [0, 0.1) is 5.92 Å². The number of carboxylic acid groups (broad SMARTS) is 1. The minimum atomic E-state index is -0.837. The molecule has 90 valence electrons. The van der Waals surface area contributed by atoms with Crippen LogP contribution in [0.25, 0.3) is 0 Å². The third-order valence-electron chi connectivity index (χ3n) is 3.27. The normalized spacial score (nSPS) is 21.2. The fourth-order valence-corrected chi connectivity index (χ4v) is 2.24. The summed E-state index contributed by atoms with van der Waals surface area (Å²) in [5.74, 6) is -1.32. The van der Waals surface area contributed by atoms with Crippen LogP contribution in [0.4, 0.5) is 0 Å². The Balaban J connectivity index is 2.44. The van der Waals surface area contributed by atoms with Gasteiger partial charge in [0.15, 0.2) is 0 Å². The lowest BCUT2D eigenvalue weighted by Gasteiger charge is -2.22. The molecule has 4 nitrogen and oxygen atoms in total. The monoisotopic (exact) mass is 233 g/mol. The van der Waals surface area contributed by atoms with Gasteiger partial charge in [-0.25, -0.2) is 0 Å². The highest BCUT2D eigenvalue weighted by atomic mass is 16.4. The maximum absolute atomic E-state index is 11.0. The molecule has 17 heavy (non-hydrogen) atoms. The molecule has 1 unspecified atom stereocenters. The average Bonchev–Trinajstić information content (AvgIpc) is 2.36. The molecule has 0 aromatic heterocycles. The predicted molar refractivity (Wildman–Crippen MR) is 63.6 cm³/mol. The quantitative estimate of drug-likeness (QED) is 0.607. The lowest BCUT2D eigenvalue weighted by atomic mass is 9.82. The molecule has 0 amide bonds. The van der Waals surface area contributed by atoms with Crippen LogP contribution in [-0.4, -0.2) is 22.0 Å². The Morgan fingerprint density at radius 3 is 2.82 bits per heavy atom. The molecule has 0 saturated carbocycles. The Kier molecular flexibility index (Phi) is 3.13. The Hall–Kier alpha value is -1.84. The van der Waals surface area contributed by atoms with Gasteiger partial charge in [-0.15, -0.1) is 0 Å². The standard InChI is InChI=1S/C13H15NO3/c1-2-8-3-4-9-6-10(13(15)16)7-12(14-17)11(9)5-8/h3-5,10,17H,2,6-7H2,1H3,(H,15,16)/b14-12-. The van der Waals surface area contributed by atoms with Gasteiger partial charge in [-0.1, -0.05) is 24.2 Å². The van der Waals surface area contributed by atoms with Gasteiger partial charge in [0.1, 0.15) is 0 Å². The highest BCUT2D eigenvalue weighted by molar-refractivity contribution is 6.04. The molecular weight excluding hydrogens is 218 g/mol. The number of hydrogen-bond donors (Lipinski definition) is 2. The van der Waals surface area contributed by atoms with Gasteiger partial charge in [0, 0.05) is 12.0 Å². The number of carbonyl (C=O) groups is 1. The zero-order chi connectivity index (χ0) is 12.4. The van der Waals surface area contributed by atoms with E-state index in [1.165, 1.54) is 5.56 Å². The van der Waals surface area contributed by atoms with Crippen LogP contribution in [-0.2, 0) is 17.6 Å². The van der Waals surface area contributed by atoms with Crippen molar-refractivity contribution in [1.29, 1.82) is 0 Å². The summed E-state index contributed by atoms with van der Waals surface area (Å²) in [6, 6.07) is 5.93. The van der Waals surface area contributed by atoms with E-state index in [4.69, 9.17) is 10.3 Å². The molecule has 0 radical (unpaired) electrons. The number of nitrogens with zero attached hydrogens (tertiary/aromatic N) is 1. The SMILES string of the molecule is CCc1ccc2c(c1)/C(=N\O)CC(C(=O)O)C2. The highest BCUT2D eigenvalue weighted by Gasteiger charge is 2.28. The minimum absolute atomic E-state index is 0.298. The molecule has 0 heterocycles. The van der Waals surface area contributed by atoms with Crippen molar-refractivity contribution in [1.82, 2.24) is 0 Å². The van der Waals surface area contributed by atoms with E-state index in [-0.39, 0.29) is 0 Å². The van der Waals surface area contributed by atoms with Crippen LogP contribution in [0.5, 0.6) is 0 Å². The summed E-state index contributed by atoms with van der Waals surface area (Å²) in [4.78, 5) is 11.0. The number of oxime groups is 1. The second-order valence-corrected chi connectivity index (χ2v) is 4.34. The first kappa shape index (κ1) is 11.6. The summed E-state index contributed by atoms with van der Waals surface area (Å²) in [7, 11) is 0. The number of hydrogen-bond acceptors (Lipinski definition) is 3. The van der Waals surface area contributed by atoms with Gasteiger partial charge >= 0.3 is 5.97 Å². The van der Waals surface area contributed by atoms with Gasteiger partial charge in [-0.2, -0.15) is 0 Å². The van der Waals surface area contributed by atoms with Crippen LogP contribution in [0.15, 0.2) is 23.4 Å². The zero-order valence-electron chi connectivity index (χ0n) is 9.68. The molecule has 4 heteroatoms.